The van der Waals surface area contributed by atoms with Crippen molar-refractivity contribution < 1.29 is 0 Å². The third kappa shape index (κ3) is 3.00. The molecule has 0 fully saturated rings. The highest BCUT2D eigenvalue weighted by Gasteiger charge is 2.08. The van der Waals surface area contributed by atoms with Crippen LogP contribution in [0.2, 0.25) is 0 Å². The molecule has 0 spiro atoms. The average molecular weight is 271 g/mol. The highest BCUT2D eigenvalue weighted by Crippen LogP contribution is 2.28. The molecule has 1 heterocycles. The topological polar surface area (TPSA) is 94.2 Å². The van der Waals surface area contributed by atoms with E-state index in [9.17, 15) is 0 Å². The quantitative estimate of drug-likeness (QED) is 0.441. The van der Waals surface area contributed by atoms with Crippen LogP contribution in [-0.2, 0) is 0 Å². The van der Waals surface area contributed by atoms with Crippen LogP contribution in [0.15, 0.2) is 42.4 Å². The molecule has 5 nitrogen and oxygen atoms in total. The Morgan fingerprint density at radius 3 is 2.90 bits per heavy atom. The Hall–Kier alpha value is -2.27. The fourth-order valence-corrected chi connectivity index (χ4v) is 2.10. The van der Waals surface area contributed by atoms with Gasteiger partial charge in [0.2, 0.25) is 0 Å². The number of nitrogens with zero attached hydrogens (tertiary/aromatic N) is 2. The zero-order valence-electron chi connectivity index (χ0n) is 11.7. The van der Waals surface area contributed by atoms with Gasteiger partial charge in [-0.2, -0.15) is 0 Å². The van der Waals surface area contributed by atoms with Crippen LogP contribution in [0.25, 0.3) is 10.9 Å². The third-order valence-corrected chi connectivity index (χ3v) is 3.18. The number of unbranched alkanes of at least 4 members (excludes halogenated alkanes) is 1. The van der Waals surface area contributed by atoms with Gasteiger partial charge in [-0.25, -0.2) is 5.84 Å². The number of benzene rings is 1. The zero-order valence-corrected chi connectivity index (χ0v) is 11.7. The van der Waals surface area contributed by atoms with E-state index in [4.69, 9.17) is 17.3 Å². The second kappa shape index (κ2) is 6.25. The van der Waals surface area contributed by atoms with Crippen molar-refractivity contribution in [1.82, 2.24) is 4.98 Å². The van der Waals surface area contributed by atoms with Crippen molar-refractivity contribution in [3.8, 4) is 0 Å². The maximum Gasteiger partial charge on any atom is 0.0952 e. The lowest BCUT2D eigenvalue weighted by molar-refractivity contribution is 0.776. The van der Waals surface area contributed by atoms with Crippen molar-refractivity contribution in [2.24, 2.45) is 11.6 Å². The van der Waals surface area contributed by atoms with Crippen LogP contribution in [0.5, 0.6) is 0 Å². The molecule has 2 rings (SSSR count). The van der Waals surface area contributed by atoms with E-state index in [2.05, 4.69) is 11.9 Å². The minimum atomic E-state index is 0.640. The molecule has 2 aromatic rings. The van der Waals surface area contributed by atoms with Gasteiger partial charge in [0.25, 0.3) is 0 Å². The summed E-state index contributed by atoms with van der Waals surface area (Å²) in [6, 6.07) is 7.50. The summed E-state index contributed by atoms with van der Waals surface area (Å²) in [4.78, 5) is 4.29. The van der Waals surface area contributed by atoms with Gasteiger partial charge in [-0.3, -0.25) is 9.99 Å². The normalized spacial score (nSPS) is 11.8. The molecule has 106 valence electrons. The Balaban J connectivity index is 2.35. The predicted molar refractivity (Wildman–Crippen MR) is 84.6 cm³/mol. The third-order valence-electron chi connectivity index (χ3n) is 3.18. The molecule has 0 unspecified atom stereocenters. The van der Waals surface area contributed by atoms with Gasteiger partial charge in [0, 0.05) is 23.5 Å². The Morgan fingerprint density at radius 2 is 2.15 bits per heavy atom. The van der Waals surface area contributed by atoms with Gasteiger partial charge >= 0.3 is 0 Å². The van der Waals surface area contributed by atoms with Gasteiger partial charge in [0.1, 0.15) is 0 Å². The lowest BCUT2D eigenvalue weighted by Gasteiger charge is -2.18. The minimum absolute atomic E-state index is 0.640. The number of hydrogen-bond donors (Lipinski definition) is 3. The van der Waals surface area contributed by atoms with E-state index in [0.29, 0.717) is 5.69 Å². The Morgan fingerprint density at radius 1 is 1.35 bits per heavy atom. The van der Waals surface area contributed by atoms with Crippen molar-refractivity contribution in [1.29, 1.82) is 0 Å². The summed E-state index contributed by atoms with van der Waals surface area (Å²) in [6.07, 6.45) is 6.48. The molecule has 20 heavy (non-hydrogen) atoms. The molecule has 1 aromatic carbocycles. The molecule has 0 saturated carbocycles. The second-order valence-electron chi connectivity index (χ2n) is 4.79. The van der Waals surface area contributed by atoms with E-state index >= 15 is 0 Å². The number of anilines is 2. The van der Waals surface area contributed by atoms with Crippen molar-refractivity contribution in [2.45, 2.75) is 26.2 Å². The fraction of sp³-hybridized carbons (Fsp3) is 0.267. The lowest BCUT2D eigenvalue weighted by Crippen LogP contribution is -2.26. The number of rotatable bonds is 5. The van der Waals surface area contributed by atoms with E-state index in [1.165, 1.54) is 5.01 Å². The summed E-state index contributed by atoms with van der Waals surface area (Å²) in [7, 11) is 0. The number of aromatic nitrogens is 1. The molecule has 0 aliphatic carbocycles. The summed E-state index contributed by atoms with van der Waals surface area (Å²) in [5, 5.41) is 2.45. The predicted octanol–water partition coefficient (Wildman–Crippen LogP) is 2.49. The first kappa shape index (κ1) is 14.1. The largest absolute Gasteiger partial charge is 0.401 e. The van der Waals surface area contributed by atoms with Crippen molar-refractivity contribution >= 4 is 22.3 Å². The van der Waals surface area contributed by atoms with Gasteiger partial charge in [-0.1, -0.05) is 13.3 Å². The van der Waals surface area contributed by atoms with Crippen LogP contribution in [0, 0.1) is 0 Å². The van der Waals surface area contributed by atoms with Crippen molar-refractivity contribution in [2.75, 3.05) is 10.7 Å². The van der Waals surface area contributed by atoms with Gasteiger partial charge < -0.3 is 11.5 Å². The van der Waals surface area contributed by atoms with Crippen LogP contribution in [0.1, 0.15) is 26.2 Å². The molecule has 0 saturated heterocycles. The van der Waals surface area contributed by atoms with Crippen molar-refractivity contribution in [3.63, 3.8) is 0 Å². The summed E-state index contributed by atoms with van der Waals surface area (Å²) in [5.74, 6) is 6.09. The van der Waals surface area contributed by atoms with Gasteiger partial charge in [-0.15, -0.1) is 0 Å². The number of nitrogen functional groups attached to an aromatic ring is 1. The van der Waals surface area contributed by atoms with Crippen LogP contribution in [0.4, 0.5) is 11.4 Å². The highest BCUT2D eigenvalue weighted by atomic mass is 15.4. The molecule has 0 bridgehead atoms. The first-order chi connectivity index (χ1) is 9.63. The van der Waals surface area contributed by atoms with E-state index in [1.807, 2.05) is 18.2 Å². The lowest BCUT2D eigenvalue weighted by atomic mass is 10.1. The second-order valence-corrected chi connectivity index (χ2v) is 4.79. The Bertz CT molecular complexity index is 621. The van der Waals surface area contributed by atoms with Crippen molar-refractivity contribution in [3.05, 3.63) is 42.4 Å². The molecule has 1 aromatic heterocycles. The van der Waals surface area contributed by atoms with Gasteiger partial charge in [0.05, 0.1) is 16.9 Å². The maximum atomic E-state index is 6.09. The van der Waals surface area contributed by atoms with E-state index in [-0.39, 0.29) is 0 Å². The molecule has 0 aliphatic rings. The summed E-state index contributed by atoms with van der Waals surface area (Å²) in [6.45, 7) is 2.13. The Labute approximate surface area is 119 Å². The minimum Gasteiger partial charge on any atom is -0.401 e. The maximum absolute atomic E-state index is 6.09. The number of nitrogens with two attached hydrogens (primary N) is 3. The number of hydrogen-bond acceptors (Lipinski definition) is 5. The molecule has 0 radical (unpaired) electrons. The van der Waals surface area contributed by atoms with E-state index < -0.39 is 0 Å². The number of hydrazine groups is 1. The first-order valence-electron chi connectivity index (χ1n) is 6.76. The van der Waals surface area contributed by atoms with Crippen LogP contribution >= 0.6 is 0 Å². The van der Waals surface area contributed by atoms with Gasteiger partial charge in [-0.05, 0) is 37.1 Å². The van der Waals surface area contributed by atoms with Crippen LogP contribution in [0.3, 0.4) is 0 Å². The molecule has 0 aliphatic heterocycles. The number of allylic oxidation sites excluding steroid dienone is 1. The molecular weight excluding hydrogens is 250 g/mol. The molecule has 6 N–H and O–H groups in total. The summed E-state index contributed by atoms with van der Waals surface area (Å²) in [5.41, 5.74) is 14.9. The van der Waals surface area contributed by atoms with Crippen LogP contribution in [-0.4, -0.2) is 4.98 Å². The van der Waals surface area contributed by atoms with Crippen LogP contribution < -0.4 is 22.3 Å². The SMILES string of the molecule is CCCCC(N)=CN(N)c1ccc(N)c2ncccc12. The number of fused-ring (bicyclic) bond motifs is 1. The first-order valence-corrected chi connectivity index (χ1v) is 6.76. The number of pyridine rings is 1. The average Bonchev–Trinajstić information content (AvgIpc) is 2.45. The fourth-order valence-electron chi connectivity index (χ4n) is 2.10. The van der Waals surface area contributed by atoms with Gasteiger partial charge in [0.15, 0.2) is 0 Å². The summed E-state index contributed by atoms with van der Waals surface area (Å²) >= 11 is 0. The Kier molecular flexibility index (Phi) is 4.42. The smallest absolute Gasteiger partial charge is 0.0952 e. The molecule has 0 atom stereocenters. The monoisotopic (exact) mass is 271 g/mol. The molecular formula is C15H21N5. The molecule has 0 amide bonds. The standard InChI is InChI=1S/C15H21N5/c1-2-3-5-11(16)10-20(18)14-8-7-13(17)15-12(14)6-4-9-19-15/h4,6-10H,2-3,5,16-18H2,1H3. The van der Waals surface area contributed by atoms with E-state index in [1.54, 1.807) is 18.5 Å². The van der Waals surface area contributed by atoms with E-state index in [0.717, 1.165) is 41.5 Å². The summed E-state index contributed by atoms with van der Waals surface area (Å²) < 4.78 is 0. The highest BCUT2D eigenvalue weighted by molar-refractivity contribution is 5.98. The zero-order chi connectivity index (χ0) is 14.5. The molecule has 5 heteroatoms.